The highest BCUT2D eigenvalue weighted by molar-refractivity contribution is 9.11. The Balaban J connectivity index is 2.63. The molecule has 0 saturated carbocycles. The van der Waals surface area contributed by atoms with E-state index in [4.69, 9.17) is 5.73 Å². The molecule has 0 unspecified atom stereocenters. The molecule has 2 rings (SSSR count). The van der Waals surface area contributed by atoms with Crippen LogP contribution >= 0.6 is 31.9 Å². The largest absolute Gasteiger partial charge is 0.383 e. The molecule has 0 saturated heterocycles. The van der Waals surface area contributed by atoms with Crippen molar-refractivity contribution in [3.05, 3.63) is 38.7 Å². The van der Waals surface area contributed by atoms with Gasteiger partial charge in [0.1, 0.15) is 11.6 Å². The van der Waals surface area contributed by atoms with Gasteiger partial charge in [-0.15, -0.1) is 0 Å². The molecule has 19 heavy (non-hydrogen) atoms. The van der Waals surface area contributed by atoms with Crippen LogP contribution in [0.5, 0.6) is 0 Å². The molecule has 0 spiro atoms. The summed E-state index contributed by atoms with van der Waals surface area (Å²) in [7, 11) is 0. The van der Waals surface area contributed by atoms with Crippen LogP contribution in [-0.2, 0) is 0 Å². The number of nitrogens with zero attached hydrogens (tertiary/aromatic N) is 2. The highest BCUT2D eigenvalue weighted by Gasteiger charge is 2.15. The molecule has 0 atom stereocenters. The summed E-state index contributed by atoms with van der Waals surface area (Å²) in [5.74, 6) is 0.753. The van der Waals surface area contributed by atoms with Crippen LogP contribution in [0.15, 0.2) is 27.1 Å². The minimum Gasteiger partial charge on any atom is -0.383 e. The molecule has 2 aromatic rings. The molecule has 1 heterocycles. The van der Waals surface area contributed by atoms with Gasteiger partial charge in [0.2, 0.25) is 0 Å². The maximum absolute atomic E-state index is 13.1. The van der Waals surface area contributed by atoms with Crippen LogP contribution in [0.2, 0.25) is 0 Å². The van der Waals surface area contributed by atoms with Gasteiger partial charge in [-0.3, -0.25) is 0 Å². The van der Waals surface area contributed by atoms with Gasteiger partial charge in [0.15, 0.2) is 5.82 Å². The van der Waals surface area contributed by atoms with Gasteiger partial charge in [0, 0.05) is 10.0 Å². The molecule has 0 radical (unpaired) electrons. The van der Waals surface area contributed by atoms with Crippen LogP contribution in [0.3, 0.4) is 0 Å². The van der Waals surface area contributed by atoms with Gasteiger partial charge < -0.3 is 5.73 Å². The average Bonchev–Trinajstić information content (AvgIpc) is 2.32. The Morgan fingerprint density at radius 2 is 1.89 bits per heavy atom. The summed E-state index contributed by atoms with van der Waals surface area (Å²) < 4.78 is 14.4. The van der Waals surface area contributed by atoms with Crippen LogP contribution in [0.1, 0.15) is 25.5 Å². The van der Waals surface area contributed by atoms with Gasteiger partial charge >= 0.3 is 0 Å². The molecule has 2 N–H and O–H groups in total. The lowest BCUT2D eigenvalue weighted by Gasteiger charge is -2.12. The minimum atomic E-state index is -0.315. The summed E-state index contributed by atoms with van der Waals surface area (Å²) in [4.78, 5) is 8.75. The molecule has 0 amide bonds. The molecular formula is C13H12Br2FN3. The summed E-state index contributed by atoms with van der Waals surface area (Å²) in [5.41, 5.74) is 7.43. The maximum Gasteiger partial charge on any atom is 0.162 e. The van der Waals surface area contributed by atoms with Crippen LogP contribution in [0.4, 0.5) is 10.2 Å². The van der Waals surface area contributed by atoms with E-state index in [0.29, 0.717) is 26.2 Å². The third kappa shape index (κ3) is 2.95. The number of nitrogen functional groups attached to an aromatic ring is 1. The molecule has 1 aromatic heterocycles. The number of aromatic nitrogens is 2. The SMILES string of the molecule is CC(C)c1nc(-c2ccc(F)cc2Br)nc(N)c1Br. The van der Waals surface area contributed by atoms with Crippen LogP contribution < -0.4 is 5.73 Å². The zero-order chi connectivity index (χ0) is 14.2. The van der Waals surface area contributed by atoms with E-state index in [1.54, 1.807) is 6.07 Å². The Morgan fingerprint density at radius 1 is 1.21 bits per heavy atom. The van der Waals surface area contributed by atoms with Gasteiger partial charge in [0.25, 0.3) is 0 Å². The van der Waals surface area contributed by atoms with Gasteiger partial charge in [-0.2, -0.15) is 0 Å². The first-order valence-electron chi connectivity index (χ1n) is 5.68. The van der Waals surface area contributed by atoms with E-state index >= 15 is 0 Å². The number of rotatable bonds is 2. The molecule has 6 heteroatoms. The first kappa shape index (κ1) is 14.4. The monoisotopic (exact) mass is 387 g/mol. The molecule has 3 nitrogen and oxygen atoms in total. The fourth-order valence-corrected chi connectivity index (χ4v) is 2.82. The number of halogens is 3. The normalized spacial score (nSPS) is 11.1. The fraction of sp³-hybridized carbons (Fsp3) is 0.231. The average molecular weight is 389 g/mol. The predicted octanol–water partition coefficient (Wildman–Crippen LogP) is 4.51. The number of benzene rings is 1. The molecular weight excluding hydrogens is 377 g/mol. The van der Waals surface area contributed by atoms with Crippen molar-refractivity contribution in [2.75, 3.05) is 5.73 Å². The Kier molecular flexibility index (Phi) is 4.20. The first-order chi connectivity index (χ1) is 8.90. The molecule has 0 aliphatic carbocycles. The number of nitrogens with two attached hydrogens (primary N) is 1. The van der Waals surface area contributed by atoms with Crippen molar-refractivity contribution < 1.29 is 4.39 Å². The molecule has 0 fully saturated rings. The summed E-state index contributed by atoms with van der Waals surface area (Å²) in [6.45, 7) is 4.05. The molecule has 1 aromatic carbocycles. The van der Waals surface area contributed by atoms with E-state index in [9.17, 15) is 4.39 Å². The van der Waals surface area contributed by atoms with Gasteiger partial charge in [-0.1, -0.05) is 13.8 Å². The maximum atomic E-state index is 13.1. The predicted molar refractivity (Wildman–Crippen MR) is 81.3 cm³/mol. The molecule has 0 bridgehead atoms. The highest BCUT2D eigenvalue weighted by atomic mass is 79.9. The fourth-order valence-electron chi connectivity index (χ4n) is 1.66. The van der Waals surface area contributed by atoms with E-state index in [1.807, 2.05) is 13.8 Å². The van der Waals surface area contributed by atoms with Crippen molar-refractivity contribution in [2.24, 2.45) is 0 Å². The number of hydrogen-bond acceptors (Lipinski definition) is 3. The van der Waals surface area contributed by atoms with Crippen molar-refractivity contribution >= 4 is 37.7 Å². The first-order valence-corrected chi connectivity index (χ1v) is 7.27. The topological polar surface area (TPSA) is 51.8 Å². The van der Waals surface area contributed by atoms with E-state index in [2.05, 4.69) is 41.8 Å². The van der Waals surface area contributed by atoms with Crippen molar-refractivity contribution in [1.29, 1.82) is 0 Å². The Hall–Kier alpha value is -1.01. The van der Waals surface area contributed by atoms with Crippen LogP contribution in [0, 0.1) is 5.82 Å². The van der Waals surface area contributed by atoms with Crippen molar-refractivity contribution in [1.82, 2.24) is 9.97 Å². The second-order valence-corrected chi connectivity index (χ2v) is 6.06. The zero-order valence-corrected chi connectivity index (χ0v) is 13.6. The zero-order valence-electron chi connectivity index (χ0n) is 10.4. The Labute approximate surface area is 127 Å². The van der Waals surface area contributed by atoms with Crippen LogP contribution in [0.25, 0.3) is 11.4 Å². The Bertz CT molecular complexity index is 630. The highest BCUT2D eigenvalue weighted by Crippen LogP contribution is 2.32. The third-order valence-corrected chi connectivity index (χ3v) is 4.09. The Morgan fingerprint density at radius 3 is 2.47 bits per heavy atom. The molecule has 100 valence electrons. The number of hydrogen-bond donors (Lipinski definition) is 1. The third-order valence-electron chi connectivity index (χ3n) is 2.62. The van der Waals surface area contributed by atoms with Crippen LogP contribution in [-0.4, -0.2) is 9.97 Å². The van der Waals surface area contributed by atoms with Gasteiger partial charge in [-0.25, -0.2) is 14.4 Å². The summed E-state index contributed by atoms with van der Waals surface area (Å²) in [6, 6.07) is 4.38. The standard InChI is InChI=1S/C13H12Br2FN3/c1-6(2)11-10(15)12(17)19-13(18-11)8-4-3-7(16)5-9(8)14/h3-6H,1-2H3,(H2,17,18,19). The van der Waals surface area contributed by atoms with Crippen molar-refractivity contribution in [2.45, 2.75) is 19.8 Å². The lowest BCUT2D eigenvalue weighted by atomic mass is 10.1. The van der Waals surface area contributed by atoms with Gasteiger partial charge in [-0.05, 0) is 56.0 Å². The smallest absolute Gasteiger partial charge is 0.162 e. The minimum absolute atomic E-state index is 0.206. The summed E-state index contributed by atoms with van der Waals surface area (Å²) in [6.07, 6.45) is 0. The van der Waals surface area contributed by atoms with Gasteiger partial charge in [0.05, 0.1) is 10.2 Å². The molecule has 0 aliphatic rings. The second-order valence-electron chi connectivity index (χ2n) is 4.41. The van der Waals surface area contributed by atoms with Crippen molar-refractivity contribution in [3.8, 4) is 11.4 Å². The number of anilines is 1. The van der Waals surface area contributed by atoms with E-state index in [0.717, 1.165) is 5.69 Å². The van der Waals surface area contributed by atoms with E-state index < -0.39 is 0 Å². The van der Waals surface area contributed by atoms with E-state index in [-0.39, 0.29) is 11.7 Å². The summed E-state index contributed by atoms with van der Waals surface area (Å²) >= 11 is 6.71. The van der Waals surface area contributed by atoms with E-state index in [1.165, 1.54) is 12.1 Å². The quantitative estimate of drug-likeness (QED) is 0.823. The molecule has 0 aliphatic heterocycles. The summed E-state index contributed by atoms with van der Waals surface area (Å²) in [5, 5.41) is 0. The lowest BCUT2D eigenvalue weighted by Crippen LogP contribution is -2.04. The lowest BCUT2D eigenvalue weighted by molar-refractivity contribution is 0.627. The van der Waals surface area contributed by atoms with Crippen molar-refractivity contribution in [3.63, 3.8) is 0 Å². The second kappa shape index (κ2) is 5.54.